The Morgan fingerprint density at radius 1 is 1.03 bits per heavy atom. The Morgan fingerprint density at radius 2 is 1.79 bits per heavy atom. The summed E-state index contributed by atoms with van der Waals surface area (Å²) in [6.45, 7) is 6.07. The highest BCUT2D eigenvalue weighted by Gasteiger charge is 2.28. The van der Waals surface area contributed by atoms with Gasteiger partial charge in [-0.2, -0.15) is 0 Å². The molecule has 172 valence electrons. The fourth-order valence-electron chi connectivity index (χ4n) is 4.12. The van der Waals surface area contributed by atoms with Gasteiger partial charge in [0.15, 0.2) is 0 Å². The number of benzene rings is 2. The molecular weight excluding hydrogens is 436 g/mol. The molecule has 7 nitrogen and oxygen atoms in total. The topological polar surface area (TPSA) is 73.8 Å². The number of aromatic nitrogens is 1. The van der Waals surface area contributed by atoms with Crippen molar-refractivity contribution < 1.29 is 13.2 Å². The van der Waals surface area contributed by atoms with E-state index in [1.807, 2.05) is 11.0 Å². The molecule has 1 aliphatic heterocycles. The molecule has 4 rings (SSSR count). The standard InChI is InChI=1S/C25H28N4O3S/c1-19-8-7-9-22(14-19)29-13-12-28(18-20(29)2)25(30)21-15-23(17-26-16-21)27(3)33(31,32)24-10-5-4-6-11-24/h4-11,14-17,20H,12-13,18H2,1-3H3/t20-/m1/s1. The minimum Gasteiger partial charge on any atom is -0.365 e. The lowest BCUT2D eigenvalue weighted by Crippen LogP contribution is -2.53. The third-order valence-electron chi connectivity index (χ3n) is 5.98. The molecule has 1 fully saturated rings. The maximum atomic E-state index is 13.2. The number of nitrogens with zero attached hydrogens (tertiary/aromatic N) is 4. The summed E-state index contributed by atoms with van der Waals surface area (Å²) in [5.74, 6) is -0.148. The van der Waals surface area contributed by atoms with E-state index in [2.05, 4.69) is 41.9 Å². The van der Waals surface area contributed by atoms with E-state index in [0.29, 0.717) is 24.3 Å². The number of sulfonamides is 1. The van der Waals surface area contributed by atoms with Crippen LogP contribution in [0.3, 0.4) is 0 Å². The molecule has 0 aliphatic carbocycles. The maximum absolute atomic E-state index is 13.2. The zero-order valence-electron chi connectivity index (χ0n) is 19.0. The molecule has 3 aromatic rings. The number of amides is 1. The van der Waals surface area contributed by atoms with Gasteiger partial charge in [0, 0.05) is 44.6 Å². The summed E-state index contributed by atoms with van der Waals surface area (Å²) in [6.07, 6.45) is 2.95. The van der Waals surface area contributed by atoms with E-state index in [0.717, 1.165) is 16.5 Å². The van der Waals surface area contributed by atoms with Crippen LogP contribution in [0, 0.1) is 6.92 Å². The van der Waals surface area contributed by atoms with Crippen LogP contribution in [0.15, 0.2) is 78.0 Å². The van der Waals surface area contributed by atoms with Crippen LogP contribution < -0.4 is 9.21 Å². The predicted octanol–water partition coefficient (Wildman–Crippen LogP) is 3.57. The number of pyridine rings is 1. The van der Waals surface area contributed by atoms with Crippen molar-refractivity contribution in [3.05, 3.63) is 84.2 Å². The minimum absolute atomic E-state index is 0.148. The van der Waals surface area contributed by atoms with Gasteiger partial charge in [0.2, 0.25) is 0 Å². The van der Waals surface area contributed by atoms with Gasteiger partial charge < -0.3 is 9.80 Å². The van der Waals surface area contributed by atoms with Gasteiger partial charge in [-0.15, -0.1) is 0 Å². The lowest BCUT2D eigenvalue weighted by molar-refractivity contribution is 0.0726. The third kappa shape index (κ3) is 4.71. The van der Waals surface area contributed by atoms with E-state index in [-0.39, 0.29) is 16.8 Å². The monoisotopic (exact) mass is 464 g/mol. The second-order valence-corrected chi connectivity index (χ2v) is 10.3. The average Bonchev–Trinajstić information content (AvgIpc) is 2.83. The fourth-order valence-corrected chi connectivity index (χ4v) is 5.32. The summed E-state index contributed by atoms with van der Waals surface area (Å²) in [5.41, 5.74) is 3.08. The molecule has 2 aromatic carbocycles. The quantitative estimate of drug-likeness (QED) is 0.577. The van der Waals surface area contributed by atoms with E-state index < -0.39 is 10.0 Å². The van der Waals surface area contributed by atoms with Crippen LogP contribution in [0.5, 0.6) is 0 Å². The van der Waals surface area contributed by atoms with Crippen molar-refractivity contribution in [1.29, 1.82) is 0 Å². The van der Waals surface area contributed by atoms with E-state index >= 15 is 0 Å². The first-order valence-electron chi connectivity index (χ1n) is 10.9. The number of piperazine rings is 1. The molecule has 8 heteroatoms. The molecule has 33 heavy (non-hydrogen) atoms. The maximum Gasteiger partial charge on any atom is 0.264 e. The number of aryl methyl sites for hydroxylation is 1. The van der Waals surface area contributed by atoms with Gasteiger partial charge in [-0.05, 0) is 49.7 Å². The zero-order chi connectivity index (χ0) is 23.6. The highest BCUT2D eigenvalue weighted by Crippen LogP contribution is 2.25. The van der Waals surface area contributed by atoms with Gasteiger partial charge in [0.1, 0.15) is 0 Å². The second-order valence-electron chi connectivity index (χ2n) is 8.35. The Bertz CT molecular complexity index is 1250. The molecular formula is C25H28N4O3S. The summed E-state index contributed by atoms with van der Waals surface area (Å²) in [4.78, 5) is 21.7. The first-order chi connectivity index (χ1) is 15.8. The molecule has 0 N–H and O–H groups in total. The normalized spacial score (nSPS) is 16.5. The number of anilines is 2. The first kappa shape index (κ1) is 22.8. The Hall–Kier alpha value is -3.39. The van der Waals surface area contributed by atoms with Crippen molar-refractivity contribution in [3.63, 3.8) is 0 Å². The largest absolute Gasteiger partial charge is 0.365 e. The van der Waals surface area contributed by atoms with Crippen LogP contribution >= 0.6 is 0 Å². The zero-order valence-corrected chi connectivity index (χ0v) is 19.9. The molecule has 1 atom stereocenters. The van der Waals surface area contributed by atoms with E-state index in [1.165, 1.54) is 25.0 Å². The molecule has 0 radical (unpaired) electrons. The Labute approximate surface area is 195 Å². The minimum atomic E-state index is -3.75. The van der Waals surface area contributed by atoms with Crippen molar-refractivity contribution in [3.8, 4) is 0 Å². The molecule has 0 saturated carbocycles. The van der Waals surface area contributed by atoms with Gasteiger partial charge in [-0.3, -0.25) is 14.1 Å². The van der Waals surface area contributed by atoms with E-state index in [4.69, 9.17) is 0 Å². The van der Waals surface area contributed by atoms with Crippen LogP contribution in [0.1, 0.15) is 22.8 Å². The molecule has 1 amide bonds. The van der Waals surface area contributed by atoms with Crippen LogP contribution in [-0.2, 0) is 10.0 Å². The van der Waals surface area contributed by atoms with E-state index in [1.54, 1.807) is 36.4 Å². The Balaban J connectivity index is 1.50. The number of hydrogen-bond donors (Lipinski definition) is 0. The lowest BCUT2D eigenvalue weighted by atomic mass is 10.1. The average molecular weight is 465 g/mol. The van der Waals surface area contributed by atoms with Gasteiger partial charge >= 0.3 is 0 Å². The van der Waals surface area contributed by atoms with Gasteiger partial charge in [0.25, 0.3) is 15.9 Å². The number of hydrogen-bond acceptors (Lipinski definition) is 5. The van der Waals surface area contributed by atoms with Crippen LogP contribution in [0.2, 0.25) is 0 Å². The fraction of sp³-hybridized carbons (Fsp3) is 0.280. The van der Waals surface area contributed by atoms with Gasteiger partial charge in [-0.25, -0.2) is 8.42 Å². The summed E-state index contributed by atoms with van der Waals surface area (Å²) < 4.78 is 27.1. The first-order valence-corrected chi connectivity index (χ1v) is 12.3. The smallest absolute Gasteiger partial charge is 0.264 e. The number of carbonyl (C=O) groups excluding carboxylic acids is 1. The van der Waals surface area contributed by atoms with Crippen molar-refractivity contribution in [2.45, 2.75) is 24.8 Å². The van der Waals surface area contributed by atoms with Crippen molar-refractivity contribution in [2.24, 2.45) is 0 Å². The van der Waals surface area contributed by atoms with Crippen molar-refractivity contribution in [1.82, 2.24) is 9.88 Å². The summed E-state index contributed by atoms with van der Waals surface area (Å²) in [6, 6.07) is 18.3. The summed E-state index contributed by atoms with van der Waals surface area (Å²) in [5, 5.41) is 0. The van der Waals surface area contributed by atoms with Gasteiger partial charge in [0.05, 0.1) is 22.3 Å². The number of carbonyl (C=O) groups is 1. The molecule has 1 aliphatic rings. The number of rotatable bonds is 5. The van der Waals surface area contributed by atoms with Crippen molar-refractivity contribution in [2.75, 3.05) is 35.9 Å². The highest BCUT2D eigenvalue weighted by molar-refractivity contribution is 7.92. The lowest BCUT2D eigenvalue weighted by Gasteiger charge is -2.41. The predicted molar refractivity (Wildman–Crippen MR) is 130 cm³/mol. The molecule has 0 bridgehead atoms. The van der Waals surface area contributed by atoms with Crippen LogP contribution in [0.25, 0.3) is 0 Å². The van der Waals surface area contributed by atoms with E-state index in [9.17, 15) is 13.2 Å². The Kier molecular flexibility index (Phi) is 6.37. The summed E-state index contributed by atoms with van der Waals surface area (Å²) >= 11 is 0. The Morgan fingerprint density at radius 3 is 2.48 bits per heavy atom. The third-order valence-corrected chi connectivity index (χ3v) is 7.78. The summed E-state index contributed by atoms with van der Waals surface area (Å²) in [7, 11) is -2.28. The van der Waals surface area contributed by atoms with Crippen LogP contribution in [0.4, 0.5) is 11.4 Å². The van der Waals surface area contributed by atoms with Crippen LogP contribution in [-0.4, -0.2) is 56.9 Å². The van der Waals surface area contributed by atoms with Crippen molar-refractivity contribution >= 4 is 27.3 Å². The molecule has 1 saturated heterocycles. The molecule has 0 unspecified atom stereocenters. The molecule has 0 spiro atoms. The molecule has 2 heterocycles. The van der Waals surface area contributed by atoms with Gasteiger partial charge in [-0.1, -0.05) is 30.3 Å². The second kappa shape index (κ2) is 9.23. The molecule has 1 aromatic heterocycles. The highest BCUT2D eigenvalue weighted by atomic mass is 32.2. The SMILES string of the molecule is Cc1cccc(N2CCN(C(=O)c3cncc(N(C)S(=O)(=O)c4ccccc4)c3)C[C@H]2C)c1.